The molecule has 1 fully saturated rings. The summed E-state index contributed by atoms with van der Waals surface area (Å²) in [7, 11) is 0. The van der Waals surface area contributed by atoms with E-state index < -0.39 is 17.7 Å². The van der Waals surface area contributed by atoms with Crippen LogP contribution in [0.2, 0.25) is 0 Å². The molecule has 1 saturated carbocycles. The minimum absolute atomic E-state index is 0.105. The number of nitrogens with two attached hydrogens (primary N) is 1. The summed E-state index contributed by atoms with van der Waals surface area (Å²) in [5.41, 5.74) is 4.87. The molecule has 1 rings (SSSR count). The van der Waals surface area contributed by atoms with Crippen molar-refractivity contribution in [3.05, 3.63) is 0 Å². The number of ether oxygens (including phenoxy) is 1. The van der Waals surface area contributed by atoms with Crippen LogP contribution in [0.25, 0.3) is 0 Å². The average molecular weight is 273 g/mol. The smallest absolute Gasteiger partial charge is 0.407 e. The zero-order valence-corrected chi connectivity index (χ0v) is 11.8. The molecular formula is C12H23N3O4. The molecule has 0 radical (unpaired) electrons. The van der Waals surface area contributed by atoms with Crippen molar-refractivity contribution in [3.8, 4) is 0 Å². The molecule has 7 heteroatoms. The van der Waals surface area contributed by atoms with Crippen LogP contribution in [0.5, 0.6) is 0 Å². The fourth-order valence-electron chi connectivity index (χ4n) is 1.46. The van der Waals surface area contributed by atoms with Crippen LogP contribution in [0.3, 0.4) is 0 Å². The maximum atomic E-state index is 11.3. The van der Waals surface area contributed by atoms with Gasteiger partial charge in [-0.2, -0.15) is 0 Å². The van der Waals surface area contributed by atoms with E-state index in [4.69, 9.17) is 25.8 Å². The van der Waals surface area contributed by atoms with Crippen molar-refractivity contribution in [2.45, 2.75) is 52.2 Å². The second kappa shape index (κ2) is 6.96. The zero-order chi connectivity index (χ0) is 15.2. The van der Waals surface area contributed by atoms with E-state index in [-0.39, 0.29) is 17.8 Å². The Morgan fingerprint density at radius 1 is 1.37 bits per heavy atom. The molecular weight excluding hydrogens is 250 g/mol. The van der Waals surface area contributed by atoms with Gasteiger partial charge in [-0.15, -0.1) is 0 Å². The summed E-state index contributed by atoms with van der Waals surface area (Å²) >= 11 is 0. The molecule has 110 valence electrons. The molecule has 0 atom stereocenters. The molecule has 0 spiro atoms. The SMILES string of the molecule is CC(=O)O.CC(C)(C)OC(=O)NC1CC(C(=N)N)C1. The summed E-state index contributed by atoms with van der Waals surface area (Å²) in [6.45, 7) is 6.56. The Hall–Kier alpha value is -1.79. The van der Waals surface area contributed by atoms with E-state index in [9.17, 15) is 4.79 Å². The van der Waals surface area contributed by atoms with Crippen LogP contribution >= 0.6 is 0 Å². The van der Waals surface area contributed by atoms with E-state index in [0.717, 1.165) is 19.8 Å². The maximum Gasteiger partial charge on any atom is 0.407 e. The molecule has 1 amide bonds. The third-order valence-electron chi connectivity index (χ3n) is 2.30. The van der Waals surface area contributed by atoms with E-state index in [2.05, 4.69) is 5.32 Å². The summed E-state index contributed by atoms with van der Waals surface area (Å²) in [4.78, 5) is 20.3. The number of alkyl carbamates (subject to hydrolysis) is 1. The summed E-state index contributed by atoms with van der Waals surface area (Å²) in [6.07, 6.45) is 1.10. The third-order valence-corrected chi connectivity index (χ3v) is 2.30. The number of hydrogen-bond donors (Lipinski definition) is 4. The minimum atomic E-state index is -0.833. The monoisotopic (exact) mass is 273 g/mol. The number of amidine groups is 1. The summed E-state index contributed by atoms with van der Waals surface area (Å²) in [6, 6.07) is 0.105. The number of carboxylic acids is 1. The van der Waals surface area contributed by atoms with Gasteiger partial charge in [0, 0.05) is 18.9 Å². The fourth-order valence-corrected chi connectivity index (χ4v) is 1.46. The van der Waals surface area contributed by atoms with E-state index >= 15 is 0 Å². The number of carbonyl (C=O) groups excluding carboxylic acids is 1. The lowest BCUT2D eigenvalue weighted by Gasteiger charge is -2.35. The Balaban J connectivity index is 0.000000711. The van der Waals surface area contributed by atoms with Crippen LogP contribution in [0.15, 0.2) is 0 Å². The van der Waals surface area contributed by atoms with Gasteiger partial charge in [-0.05, 0) is 33.6 Å². The van der Waals surface area contributed by atoms with Gasteiger partial charge in [-0.25, -0.2) is 4.79 Å². The number of carbonyl (C=O) groups is 2. The quantitative estimate of drug-likeness (QED) is 0.446. The number of aliphatic carboxylic acids is 1. The van der Waals surface area contributed by atoms with Crippen molar-refractivity contribution in [1.82, 2.24) is 5.32 Å². The molecule has 0 aromatic heterocycles. The van der Waals surface area contributed by atoms with Gasteiger partial charge >= 0.3 is 6.09 Å². The van der Waals surface area contributed by atoms with Crippen molar-refractivity contribution in [3.63, 3.8) is 0 Å². The molecule has 1 aliphatic rings. The molecule has 0 aromatic rings. The van der Waals surface area contributed by atoms with E-state index in [1.807, 2.05) is 20.8 Å². The highest BCUT2D eigenvalue weighted by Gasteiger charge is 2.33. The molecule has 0 aliphatic heterocycles. The van der Waals surface area contributed by atoms with Gasteiger partial charge in [0.2, 0.25) is 0 Å². The topological polar surface area (TPSA) is 125 Å². The largest absolute Gasteiger partial charge is 0.481 e. The summed E-state index contributed by atoms with van der Waals surface area (Å²) in [5.74, 6) is -0.498. The van der Waals surface area contributed by atoms with Crippen molar-refractivity contribution in [1.29, 1.82) is 5.41 Å². The highest BCUT2D eigenvalue weighted by molar-refractivity contribution is 5.81. The molecule has 0 saturated heterocycles. The van der Waals surface area contributed by atoms with Crippen LogP contribution in [-0.2, 0) is 9.53 Å². The third kappa shape index (κ3) is 8.87. The zero-order valence-electron chi connectivity index (χ0n) is 11.8. The first-order valence-corrected chi connectivity index (χ1v) is 6.04. The summed E-state index contributed by atoms with van der Waals surface area (Å²) < 4.78 is 5.10. The normalized spacial score (nSPS) is 21.3. The van der Waals surface area contributed by atoms with Gasteiger partial charge in [-0.1, -0.05) is 0 Å². The molecule has 0 aromatic carbocycles. The first-order chi connectivity index (χ1) is 8.51. The highest BCUT2D eigenvalue weighted by Crippen LogP contribution is 2.27. The van der Waals surface area contributed by atoms with Gasteiger partial charge < -0.3 is 20.9 Å². The van der Waals surface area contributed by atoms with Gasteiger partial charge in [0.05, 0.1) is 5.84 Å². The van der Waals surface area contributed by atoms with Crippen molar-refractivity contribution < 1.29 is 19.4 Å². The first-order valence-electron chi connectivity index (χ1n) is 6.04. The lowest BCUT2D eigenvalue weighted by Crippen LogP contribution is -2.49. The van der Waals surface area contributed by atoms with E-state index in [0.29, 0.717) is 0 Å². The van der Waals surface area contributed by atoms with Gasteiger partial charge in [0.25, 0.3) is 5.97 Å². The van der Waals surface area contributed by atoms with Crippen LogP contribution in [-0.4, -0.2) is 34.6 Å². The van der Waals surface area contributed by atoms with Gasteiger partial charge in [-0.3, -0.25) is 10.2 Å². The predicted molar refractivity (Wildman–Crippen MR) is 71.1 cm³/mol. The van der Waals surface area contributed by atoms with E-state index in [1.165, 1.54) is 0 Å². The Bertz CT molecular complexity index is 339. The average Bonchev–Trinajstić information content (AvgIpc) is 2.05. The van der Waals surface area contributed by atoms with Crippen molar-refractivity contribution in [2.24, 2.45) is 11.7 Å². The Labute approximate surface area is 113 Å². The fraction of sp³-hybridized carbons (Fsp3) is 0.750. The van der Waals surface area contributed by atoms with Crippen LogP contribution < -0.4 is 11.1 Å². The van der Waals surface area contributed by atoms with Crippen molar-refractivity contribution in [2.75, 3.05) is 0 Å². The minimum Gasteiger partial charge on any atom is -0.481 e. The predicted octanol–water partition coefficient (Wildman–Crippen LogP) is 1.32. The van der Waals surface area contributed by atoms with Gasteiger partial charge in [0.15, 0.2) is 0 Å². The molecule has 5 N–H and O–H groups in total. The maximum absolute atomic E-state index is 11.3. The molecule has 0 unspecified atom stereocenters. The van der Waals surface area contributed by atoms with Crippen LogP contribution in [0.1, 0.15) is 40.5 Å². The van der Waals surface area contributed by atoms with Crippen molar-refractivity contribution >= 4 is 17.9 Å². The molecule has 1 aliphatic carbocycles. The Morgan fingerprint density at radius 2 is 1.79 bits per heavy atom. The number of hydrogen-bond acceptors (Lipinski definition) is 4. The lowest BCUT2D eigenvalue weighted by molar-refractivity contribution is -0.134. The van der Waals surface area contributed by atoms with Crippen LogP contribution in [0.4, 0.5) is 4.79 Å². The van der Waals surface area contributed by atoms with E-state index in [1.54, 1.807) is 0 Å². The number of rotatable bonds is 2. The number of carboxylic acid groups (broad SMARTS) is 1. The molecule has 7 nitrogen and oxygen atoms in total. The highest BCUT2D eigenvalue weighted by atomic mass is 16.6. The number of nitrogens with one attached hydrogen (secondary N) is 2. The molecule has 0 bridgehead atoms. The second-order valence-corrected chi connectivity index (χ2v) is 5.49. The summed E-state index contributed by atoms with van der Waals surface area (Å²) in [5, 5.41) is 17.4. The lowest BCUT2D eigenvalue weighted by atomic mass is 9.79. The number of amides is 1. The Morgan fingerprint density at radius 3 is 2.11 bits per heavy atom. The van der Waals surface area contributed by atoms with Gasteiger partial charge in [0.1, 0.15) is 5.60 Å². The first kappa shape index (κ1) is 17.2. The standard InChI is InChI=1S/C10H19N3O2.C2H4O2/c1-10(2,3)15-9(14)13-7-4-6(5-7)8(11)12;1-2(3)4/h6-7H,4-5H2,1-3H3,(H3,11,12)(H,13,14);1H3,(H,3,4). The second-order valence-electron chi connectivity index (χ2n) is 5.49. The molecule has 0 heterocycles. The van der Waals surface area contributed by atoms with Crippen LogP contribution in [0, 0.1) is 11.3 Å². The molecule has 19 heavy (non-hydrogen) atoms. The Kier molecular flexibility index (Phi) is 6.31.